The molecule has 1 fully saturated rings. The number of amides is 1. The zero-order valence-electron chi connectivity index (χ0n) is 11.7. The van der Waals surface area contributed by atoms with Crippen LogP contribution in [0.5, 0.6) is 0 Å². The minimum absolute atomic E-state index is 0. The first kappa shape index (κ1) is 15.5. The van der Waals surface area contributed by atoms with E-state index in [0.717, 1.165) is 37.1 Å². The molecule has 21 heavy (non-hydrogen) atoms. The Morgan fingerprint density at radius 3 is 2.57 bits per heavy atom. The van der Waals surface area contributed by atoms with E-state index in [2.05, 4.69) is 10.4 Å². The van der Waals surface area contributed by atoms with Gasteiger partial charge in [-0.3, -0.25) is 9.48 Å². The van der Waals surface area contributed by atoms with Crippen LogP contribution in [0, 0.1) is 0 Å². The molecule has 3 rings (SSSR count). The molecule has 0 aliphatic heterocycles. The summed E-state index contributed by atoms with van der Waals surface area (Å²) in [4.78, 5) is 12.0. The van der Waals surface area contributed by atoms with Crippen LogP contribution in [0.4, 0.5) is 5.69 Å². The van der Waals surface area contributed by atoms with E-state index in [-0.39, 0.29) is 18.3 Å². The van der Waals surface area contributed by atoms with Crippen LogP contribution in [0.15, 0.2) is 42.7 Å². The molecule has 0 spiro atoms. The lowest BCUT2D eigenvalue weighted by Gasteiger charge is -2.36. The molecule has 1 aromatic heterocycles. The number of anilines is 1. The smallest absolute Gasteiger partial charge is 0.244 e. The largest absolute Gasteiger partial charge is 0.324 e. The summed E-state index contributed by atoms with van der Waals surface area (Å²) in [6, 6.07) is 9.67. The number of carbonyl (C=O) groups excluding carboxylic acids is 1. The number of nitrogens with zero attached hydrogens (tertiary/aromatic N) is 2. The molecule has 5 nitrogen and oxygen atoms in total. The molecule has 1 heterocycles. The van der Waals surface area contributed by atoms with Gasteiger partial charge in [-0.15, -0.1) is 12.4 Å². The lowest BCUT2D eigenvalue weighted by atomic mass is 9.77. The van der Waals surface area contributed by atoms with E-state index < -0.39 is 5.54 Å². The summed E-state index contributed by atoms with van der Waals surface area (Å²) in [5.74, 6) is -0.0800. The Kier molecular flexibility index (Phi) is 4.65. The van der Waals surface area contributed by atoms with Crippen LogP contribution in [0.25, 0.3) is 0 Å². The molecule has 1 aromatic carbocycles. The predicted molar refractivity (Wildman–Crippen MR) is 84.4 cm³/mol. The summed E-state index contributed by atoms with van der Waals surface area (Å²) in [6.07, 6.45) is 6.26. The van der Waals surface area contributed by atoms with Gasteiger partial charge in [0.05, 0.1) is 12.1 Å². The summed E-state index contributed by atoms with van der Waals surface area (Å²) in [5.41, 5.74) is 7.26. The Hall–Kier alpha value is -1.85. The maximum Gasteiger partial charge on any atom is 0.244 e. The first-order valence-corrected chi connectivity index (χ1v) is 6.82. The Balaban J connectivity index is 0.00000161. The van der Waals surface area contributed by atoms with E-state index in [4.69, 9.17) is 5.73 Å². The van der Waals surface area contributed by atoms with Crippen molar-refractivity contribution in [2.75, 3.05) is 5.32 Å². The van der Waals surface area contributed by atoms with E-state index in [1.54, 1.807) is 6.20 Å². The fourth-order valence-electron chi connectivity index (χ4n) is 2.31. The van der Waals surface area contributed by atoms with E-state index in [9.17, 15) is 4.79 Å². The number of nitrogens with one attached hydrogen (secondary N) is 1. The molecule has 0 radical (unpaired) electrons. The summed E-state index contributed by atoms with van der Waals surface area (Å²) < 4.78 is 1.86. The number of halogens is 1. The number of aromatic nitrogens is 2. The molecule has 0 unspecified atom stereocenters. The number of benzene rings is 1. The van der Waals surface area contributed by atoms with Gasteiger partial charge in [0.25, 0.3) is 0 Å². The average Bonchev–Trinajstić information content (AvgIpc) is 2.91. The quantitative estimate of drug-likeness (QED) is 0.909. The highest BCUT2D eigenvalue weighted by Gasteiger charge is 2.40. The van der Waals surface area contributed by atoms with Gasteiger partial charge in [-0.2, -0.15) is 5.10 Å². The molecule has 1 amide bonds. The molecule has 112 valence electrons. The third-order valence-electron chi connectivity index (χ3n) is 3.81. The predicted octanol–water partition coefficient (Wildman–Crippen LogP) is 2.17. The van der Waals surface area contributed by atoms with Crippen molar-refractivity contribution in [3.63, 3.8) is 0 Å². The van der Waals surface area contributed by atoms with Crippen LogP contribution in [-0.4, -0.2) is 21.2 Å². The monoisotopic (exact) mass is 306 g/mol. The van der Waals surface area contributed by atoms with E-state index in [1.165, 1.54) is 0 Å². The van der Waals surface area contributed by atoms with Gasteiger partial charge in [0, 0.05) is 18.1 Å². The van der Waals surface area contributed by atoms with Crippen LogP contribution in [-0.2, 0) is 11.3 Å². The molecule has 1 saturated carbocycles. The number of hydrogen-bond acceptors (Lipinski definition) is 3. The number of rotatable bonds is 4. The van der Waals surface area contributed by atoms with Crippen molar-refractivity contribution in [1.29, 1.82) is 0 Å². The van der Waals surface area contributed by atoms with Gasteiger partial charge in [-0.1, -0.05) is 12.1 Å². The van der Waals surface area contributed by atoms with Gasteiger partial charge >= 0.3 is 0 Å². The van der Waals surface area contributed by atoms with Gasteiger partial charge < -0.3 is 11.1 Å². The van der Waals surface area contributed by atoms with Crippen LogP contribution < -0.4 is 11.1 Å². The Bertz CT molecular complexity index is 591. The van der Waals surface area contributed by atoms with Crippen LogP contribution in [0.1, 0.15) is 24.8 Å². The van der Waals surface area contributed by atoms with Crippen molar-refractivity contribution in [3.8, 4) is 0 Å². The van der Waals surface area contributed by atoms with Crippen LogP contribution in [0.3, 0.4) is 0 Å². The first-order valence-electron chi connectivity index (χ1n) is 6.82. The topological polar surface area (TPSA) is 72.9 Å². The molecule has 0 bridgehead atoms. The molecule has 1 aliphatic rings. The van der Waals surface area contributed by atoms with Gasteiger partial charge in [0.1, 0.15) is 0 Å². The summed E-state index contributed by atoms with van der Waals surface area (Å²) in [5, 5.41) is 7.05. The minimum atomic E-state index is -0.659. The summed E-state index contributed by atoms with van der Waals surface area (Å²) >= 11 is 0. The van der Waals surface area contributed by atoms with Crippen LogP contribution >= 0.6 is 12.4 Å². The van der Waals surface area contributed by atoms with Gasteiger partial charge in [0.15, 0.2) is 0 Å². The second-order valence-electron chi connectivity index (χ2n) is 5.36. The normalized spacial score (nSPS) is 15.7. The maximum atomic E-state index is 12.0. The van der Waals surface area contributed by atoms with Gasteiger partial charge in [-0.25, -0.2) is 0 Å². The first-order chi connectivity index (χ1) is 9.66. The molecule has 1 aliphatic carbocycles. The molecule has 6 heteroatoms. The van der Waals surface area contributed by atoms with Gasteiger partial charge in [-0.05, 0) is 43.0 Å². The Morgan fingerprint density at radius 1 is 1.33 bits per heavy atom. The highest BCUT2D eigenvalue weighted by molar-refractivity contribution is 5.98. The number of hydrogen-bond donors (Lipinski definition) is 2. The summed E-state index contributed by atoms with van der Waals surface area (Å²) in [6.45, 7) is 0.724. The van der Waals surface area contributed by atoms with Crippen LogP contribution in [0.2, 0.25) is 0 Å². The molecule has 0 atom stereocenters. The second-order valence-corrected chi connectivity index (χ2v) is 5.36. The SMILES string of the molecule is Cl.NC1(C(=O)Nc2ccc(Cn3cccn3)cc2)CCC1. The Morgan fingerprint density at radius 2 is 2.05 bits per heavy atom. The second kappa shape index (κ2) is 6.28. The fraction of sp³-hybridized carbons (Fsp3) is 0.333. The van der Waals surface area contributed by atoms with Crippen molar-refractivity contribution in [2.24, 2.45) is 5.73 Å². The van der Waals surface area contributed by atoms with Crippen molar-refractivity contribution < 1.29 is 4.79 Å². The third-order valence-corrected chi connectivity index (χ3v) is 3.81. The molecular weight excluding hydrogens is 288 g/mol. The van der Waals surface area contributed by atoms with E-state index in [1.807, 2.05) is 41.2 Å². The number of nitrogens with two attached hydrogens (primary N) is 1. The summed E-state index contributed by atoms with van der Waals surface area (Å²) in [7, 11) is 0. The third kappa shape index (κ3) is 3.43. The fourth-order valence-corrected chi connectivity index (χ4v) is 2.31. The molecular formula is C15H19ClN4O. The van der Waals surface area contributed by atoms with Crippen molar-refractivity contribution in [2.45, 2.75) is 31.3 Å². The Labute approximate surface area is 129 Å². The number of carbonyl (C=O) groups is 1. The van der Waals surface area contributed by atoms with E-state index in [0.29, 0.717) is 0 Å². The molecule has 0 saturated heterocycles. The van der Waals surface area contributed by atoms with Crippen molar-refractivity contribution in [1.82, 2.24) is 9.78 Å². The standard InChI is InChI=1S/C15H18N4O.ClH/c16-15(7-1-8-15)14(20)18-13-5-3-12(4-6-13)11-19-10-2-9-17-19;/h2-6,9-10H,1,7-8,11,16H2,(H,18,20);1H. The van der Waals surface area contributed by atoms with Crippen molar-refractivity contribution >= 4 is 24.0 Å². The lowest BCUT2D eigenvalue weighted by Crippen LogP contribution is -2.56. The van der Waals surface area contributed by atoms with Crippen molar-refractivity contribution in [3.05, 3.63) is 48.3 Å². The lowest BCUT2D eigenvalue weighted by molar-refractivity contribution is -0.123. The highest BCUT2D eigenvalue weighted by Crippen LogP contribution is 2.30. The maximum absolute atomic E-state index is 12.0. The minimum Gasteiger partial charge on any atom is -0.324 e. The van der Waals surface area contributed by atoms with E-state index >= 15 is 0 Å². The molecule has 3 N–H and O–H groups in total. The molecule has 2 aromatic rings. The zero-order valence-corrected chi connectivity index (χ0v) is 12.5. The highest BCUT2D eigenvalue weighted by atomic mass is 35.5. The zero-order chi connectivity index (χ0) is 14.0. The van der Waals surface area contributed by atoms with Gasteiger partial charge in [0.2, 0.25) is 5.91 Å². The average molecular weight is 307 g/mol.